The van der Waals surface area contributed by atoms with E-state index in [2.05, 4.69) is 26.6 Å². The van der Waals surface area contributed by atoms with Crippen LogP contribution in [-0.4, -0.2) is 24.2 Å². The number of ether oxygens (including phenoxy) is 1. The van der Waals surface area contributed by atoms with Crippen molar-refractivity contribution in [2.75, 3.05) is 17.7 Å². The zero-order valence-corrected chi connectivity index (χ0v) is 16.5. The van der Waals surface area contributed by atoms with Gasteiger partial charge in [-0.05, 0) is 49.4 Å². The first-order valence-corrected chi connectivity index (χ1v) is 9.25. The van der Waals surface area contributed by atoms with Crippen molar-refractivity contribution in [3.05, 3.63) is 46.9 Å². The van der Waals surface area contributed by atoms with Gasteiger partial charge in [-0.3, -0.25) is 9.59 Å². The van der Waals surface area contributed by atoms with Gasteiger partial charge in [0, 0.05) is 22.0 Å². The van der Waals surface area contributed by atoms with Crippen molar-refractivity contribution in [3.8, 4) is 5.75 Å². The molecular formula is C18H19BrN2O3S. The van der Waals surface area contributed by atoms with E-state index in [9.17, 15) is 9.59 Å². The molecule has 25 heavy (non-hydrogen) atoms. The Bertz CT molecular complexity index is 765. The first-order valence-electron chi connectivity index (χ1n) is 7.57. The molecular weight excluding hydrogens is 404 g/mol. The van der Waals surface area contributed by atoms with E-state index in [1.54, 1.807) is 18.2 Å². The highest BCUT2D eigenvalue weighted by Crippen LogP contribution is 2.30. The van der Waals surface area contributed by atoms with E-state index in [1.807, 2.05) is 31.2 Å². The van der Waals surface area contributed by atoms with E-state index in [-0.39, 0.29) is 17.1 Å². The number of methoxy groups -OCH3 is 1. The Labute approximate surface area is 159 Å². The van der Waals surface area contributed by atoms with E-state index in [0.29, 0.717) is 17.1 Å². The van der Waals surface area contributed by atoms with Gasteiger partial charge >= 0.3 is 0 Å². The number of halogens is 1. The monoisotopic (exact) mass is 422 g/mol. The highest BCUT2D eigenvalue weighted by molar-refractivity contribution is 9.10. The smallest absolute Gasteiger partial charge is 0.237 e. The molecule has 0 aliphatic carbocycles. The van der Waals surface area contributed by atoms with E-state index < -0.39 is 0 Å². The molecule has 0 aliphatic heterocycles. The lowest BCUT2D eigenvalue weighted by molar-refractivity contribution is -0.115. The summed E-state index contributed by atoms with van der Waals surface area (Å²) in [6.07, 6.45) is 0. The van der Waals surface area contributed by atoms with Crippen LogP contribution in [0.2, 0.25) is 0 Å². The van der Waals surface area contributed by atoms with Gasteiger partial charge in [0.1, 0.15) is 5.75 Å². The Hall–Kier alpha value is -1.99. The standard InChI is InChI=1S/C18H19BrN2O3S/c1-11(25-15-7-4-13(19)5-8-15)18(23)21-16-10-14(20-12(2)22)6-9-17(16)24-3/h4-11H,1-3H3,(H,20,22)(H,21,23). The summed E-state index contributed by atoms with van der Waals surface area (Å²) < 4.78 is 6.27. The first kappa shape index (κ1) is 19.3. The predicted octanol–water partition coefficient (Wildman–Crippen LogP) is 4.54. The number of hydrogen-bond donors (Lipinski definition) is 2. The Morgan fingerprint density at radius 2 is 1.80 bits per heavy atom. The van der Waals surface area contributed by atoms with Crippen molar-refractivity contribution in [3.63, 3.8) is 0 Å². The molecule has 5 nitrogen and oxygen atoms in total. The molecule has 0 radical (unpaired) electrons. The molecule has 0 heterocycles. The van der Waals surface area contributed by atoms with Crippen LogP contribution in [-0.2, 0) is 9.59 Å². The van der Waals surface area contributed by atoms with Crippen molar-refractivity contribution in [1.82, 2.24) is 0 Å². The zero-order valence-electron chi connectivity index (χ0n) is 14.1. The number of hydrogen-bond acceptors (Lipinski definition) is 4. The van der Waals surface area contributed by atoms with Crippen molar-refractivity contribution in [1.29, 1.82) is 0 Å². The first-order chi connectivity index (χ1) is 11.9. The van der Waals surface area contributed by atoms with Gasteiger partial charge in [-0.15, -0.1) is 11.8 Å². The lowest BCUT2D eigenvalue weighted by Gasteiger charge is -2.15. The second-order valence-electron chi connectivity index (χ2n) is 5.30. The minimum Gasteiger partial charge on any atom is -0.495 e. The average Bonchev–Trinajstić information content (AvgIpc) is 2.56. The van der Waals surface area contributed by atoms with Crippen LogP contribution in [0, 0.1) is 0 Å². The van der Waals surface area contributed by atoms with Gasteiger partial charge < -0.3 is 15.4 Å². The summed E-state index contributed by atoms with van der Waals surface area (Å²) in [7, 11) is 1.53. The Morgan fingerprint density at radius 3 is 2.40 bits per heavy atom. The molecule has 2 N–H and O–H groups in total. The topological polar surface area (TPSA) is 67.4 Å². The van der Waals surface area contributed by atoms with Crippen LogP contribution >= 0.6 is 27.7 Å². The molecule has 0 aliphatic rings. The molecule has 0 fully saturated rings. The highest BCUT2D eigenvalue weighted by atomic mass is 79.9. The fourth-order valence-electron chi connectivity index (χ4n) is 2.09. The zero-order chi connectivity index (χ0) is 18.4. The quantitative estimate of drug-likeness (QED) is 0.670. The molecule has 0 aromatic heterocycles. The molecule has 2 aromatic carbocycles. The number of thioether (sulfide) groups is 1. The van der Waals surface area contributed by atoms with Gasteiger partial charge in [0.25, 0.3) is 0 Å². The van der Waals surface area contributed by atoms with E-state index in [1.165, 1.54) is 25.8 Å². The number of anilines is 2. The van der Waals surface area contributed by atoms with Crippen LogP contribution < -0.4 is 15.4 Å². The van der Waals surface area contributed by atoms with Crippen LogP contribution in [0.4, 0.5) is 11.4 Å². The number of carbonyl (C=O) groups excluding carboxylic acids is 2. The number of carbonyl (C=O) groups is 2. The van der Waals surface area contributed by atoms with Crippen molar-refractivity contribution in [2.45, 2.75) is 24.0 Å². The van der Waals surface area contributed by atoms with Crippen molar-refractivity contribution < 1.29 is 14.3 Å². The summed E-state index contributed by atoms with van der Waals surface area (Å²) in [5.41, 5.74) is 1.11. The molecule has 2 amide bonds. The summed E-state index contributed by atoms with van der Waals surface area (Å²) in [6.45, 7) is 3.27. The summed E-state index contributed by atoms with van der Waals surface area (Å²) in [6, 6.07) is 12.9. The van der Waals surface area contributed by atoms with Crippen LogP contribution in [0.15, 0.2) is 51.8 Å². The molecule has 7 heteroatoms. The number of benzene rings is 2. The number of rotatable bonds is 6. The SMILES string of the molecule is COc1ccc(NC(C)=O)cc1NC(=O)C(C)Sc1ccc(Br)cc1. The maximum Gasteiger partial charge on any atom is 0.237 e. The normalized spacial score (nSPS) is 11.5. The molecule has 0 saturated carbocycles. The van der Waals surface area contributed by atoms with E-state index in [0.717, 1.165) is 9.37 Å². The van der Waals surface area contributed by atoms with Gasteiger partial charge in [-0.2, -0.15) is 0 Å². The molecule has 1 atom stereocenters. The minimum absolute atomic E-state index is 0.147. The third-order valence-corrected chi connectivity index (χ3v) is 4.91. The van der Waals surface area contributed by atoms with Gasteiger partial charge in [0.05, 0.1) is 18.0 Å². The molecule has 0 bridgehead atoms. The summed E-state index contributed by atoms with van der Waals surface area (Å²) in [5, 5.41) is 5.25. The molecule has 2 aromatic rings. The van der Waals surface area contributed by atoms with Crippen LogP contribution in [0.25, 0.3) is 0 Å². The Morgan fingerprint density at radius 1 is 1.12 bits per heavy atom. The van der Waals surface area contributed by atoms with Crippen LogP contribution in [0.5, 0.6) is 5.75 Å². The summed E-state index contributed by atoms with van der Waals surface area (Å²) >= 11 is 4.86. The fourth-order valence-corrected chi connectivity index (χ4v) is 3.22. The minimum atomic E-state index is -0.296. The third-order valence-electron chi connectivity index (χ3n) is 3.27. The van der Waals surface area contributed by atoms with Crippen LogP contribution in [0.1, 0.15) is 13.8 Å². The summed E-state index contributed by atoms with van der Waals surface area (Å²) in [5.74, 6) is 0.205. The molecule has 2 rings (SSSR count). The largest absolute Gasteiger partial charge is 0.495 e. The predicted molar refractivity (Wildman–Crippen MR) is 105 cm³/mol. The van der Waals surface area contributed by atoms with Gasteiger partial charge in [-0.1, -0.05) is 15.9 Å². The maximum absolute atomic E-state index is 12.5. The van der Waals surface area contributed by atoms with Crippen molar-refractivity contribution >= 4 is 50.9 Å². The van der Waals surface area contributed by atoms with E-state index >= 15 is 0 Å². The fraction of sp³-hybridized carbons (Fsp3) is 0.222. The maximum atomic E-state index is 12.5. The second kappa shape index (κ2) is 8.92. The Kier molecular flexibility index (Phi) is 6.90. The van der Waals surface area contributed by atoms with Crippen LogP contribution in [0.3, 0.4) is 0 Å². The second-order valence-corrected chi connectivity index (χ2v) is 7.63. The molecule has 0 saturated heterocycles. The summed E-state index contributed by atoms with van der Waals surface area (Å²) in [4.78, 5) is 24.7. The van der Waals surface area contributed by atoms with Gasteiger partial charge in [0.2, 0.25) is 11.8 Å². The van der Waals surface area contributed by atoms with E-state index in [4.69, 9.17) is 4.74 Å². The number of amides is 2. The average molecular weight is 423 g/mol. The number of nitrogens with one attached hydrogen (secondary N) is 2. The molecule has 132 valence electrons. The van der Waals surface area contributed by atoms with Gasteiger partial charge in [-0.25, -0.2) is 0 Å². The van der Waals surface area contributed by atoms with Crippen molar-refractivity contribution in [2.24, 2.45) is 0 Å². The Balaban J connectivity index is 2.09. The lowest BCUT2D eigenvalue weighted by atomic mass is 10.2. The molecule has 0 spiro atoms. The molecule has 1 unspecified atom stereocenters. The van der Waals surface area contributed by atoms with Gasteiger partial charge in [0.15, 0.2) is 0 Å². The highest BCUT2D eigenvalue weighted by Gasteiger charge is 2.17. The third kappa shape index (κ3) is 5.79. The lowest BCUT2D eigenvalue weighted by Crippen LogP contribution is -2.22.